The first-order valence-electron chi connectivity index (χ1n) is 5.59. The lowest BCUT2D eigenvalue weighted by Crippen LogP contribution is -2.26. The molecule has 1 rings (SSSR count). The van der Waals surface area contributed by atoms with Gasteiger partial charge in [-0.05, 0) is 17.7 Å². The van der Waals surface area contributed by atoms with Crippen LogP contribution < -0.4 is 11.1 Å². The van der Waals surface area contributed by atoms with Crippen LogP contribution in [-0.2, 0) is 20.4 Å². The standard InChI is InChI=1S/C12H18N2O3S.ClH/c1-9(7-13)12(15)14-11-5-3-10(4-6-11)8-18(2,16)17;/h3-6,9H,7-8,13H2,1-2H3,(H,14,15);1H. The Bertz CT molecular complexity index is 514. The van der Waals surface area contributed by atoms with E-state index in [1.54, 1.807) is 31.2 Å². The largest absolute Gasteiger partial charge is 0.330 e. The average Bonchev–Trinajstić information content (AvgIpc) is 2.28. The molecule has 3 N–H and O–H groups in total. The maximum absolute atomic E-state index is 11.6. The average molecular weight is 307 g/mol. The molecular formula is C12H19ClN2O3S. The van der Waals surface area contributed by atoms with Gasteiger partial charge in [-0.2, -0.15) is 0 Å². The van der Waals surface area contributed by atoms with E-state index in [9.17, 15) is 13.2 Å². The molecule has 7 heteroatoms. The Labute approximate surface area is 119 Å². The number of carbonyl (C=O) groups excluding carboxylic acids is 1. The second-order valence-corrected chi connectivity index (χ2v) is 6.53. The molecule has 1 unspecified atom stereocenters. The molecule has 0 aliphatic carbocycles. The van der Waals surface area contributed by atoms with Crippen molar-refractivity contribution in [1.82, 2.24) is 0 Å². The quantitative estimate of drug-likeness (QED) is 0.855. The summed E-state index contributed by atoms with van der Waals surface area (Å²) in [5.41, 5.74) is 6.73. The third kappa shape index (κ3) is 6.56. The van der Waals surface area contributed by atoms with Gasteiger partial charge in [0.15, 0.2) is 9.84 Å². The van der Waals surface area contributed by atoms with Crippen molar-refractivity contribution in [3.8, 4) is 0 Å². The van der Waals surface area contributed by atoms with Gasteiger partial charge in [-0.25, -0.2) is 8.42 Å². The molecule has 0 bridgehead atoms. The molecule has 5 nitrogen and oxygen atoms in total. The molecule has 0 aromatic heterocycles. The summed E-state index contributed by atoms with van der Waals surface area (Å²) in [7, 11) is -3.03. The second kappa shape index (κ2) is 7.47. The van der Waals surface area contributed by atoms with Crippen LogP contribution in [0.1, 0.15) is 12.5 Å². The first kappa shape index (κ1) is 17.9. The third-order valence-corrected chi connectivity index (χ3v) is 3.31. The van der Waals surface area contributed by atoms with E-state index in [1.807, 2.05) is 0 Å². The Kier molecular flexibility index (Phi) is 7.04. The van der Waals surface area contributed by atoms with Gasteiger partial charge in [0.2, 0.25) is 5.91 Å². The van der Waals surface area contributed by atoms with Gasteiger partial charge in [-0.15, -0.1) is 12.4 Å². The van der Waals surface area contributed by atoms with Gasteiger partial charge < -0.3 is 11.1 Å². The molecule has 0 radical (unpaired) electrons. The molecule has 0 aliphatic heterocycles. The summed E-state index contributed by atoms with van der Waals surface area (Å²) in [5.74, 6) is -0.394. The Morgan fingerprint density at radius 2 is 1.84 bits per heavy atom. The van der Waals surface area contributed by atoms with Crippen LogP contribution >= 0.6 is 12.4 Å². The van der Waals surface area contributed by atoms with Crippen molar-refractivity contribution in [3.63, 3.8) is 0 Å². The Hall–Kier alpha value is -1.11. The Morgan fingerprint density at radius 1 is 1.32 bits per heavy atom. The molecule has 1 atom stereocenters. The number of sulfone groups is 1. The van der Waals surface area contributed by atoms with Crippen molar-refractivity contribution in [2.24, 2.45) is 11.7 Å². The first-order valence-corrected chi connectivity index (χ1v) is 7.65. The van der Waals surface area contributed by atoms with Gasteiger partial charge in [-0.1, -0.05) is 19.1 Å². The van der Waals surface area contributed by atoms with Crippen molar-refractivity contribution in [1.29, 1.82) is 0 Å². The van der Waals surface area contributed by atoms with Crippen molar-refractivity contribution in [3.05, 3.63) is 29.8 Å². The third-order valence-electron chi connectivity index (χ3n) is 2.45. The topological polar surface area (TPSA) is 89.3 Å². The lowest BCUT2D eigenvalue weighted by Gasteiger charge is -2.10. The van der Waals surface area contributed by atoms with Gasteiger partial charge >= 0.3 is 0 Å². The summed E-state index contributed by atoms with van der Waals surface area (Å²) >= 11 is 0. The van der Waals surface area contributed by atoms with Crippen LogP contribution in [-0.4, -0.2) is 27.1 Å². The van der Waals surface area contributed by atoms with E-state index in [4.69, 9.17) is 5.73 Å². The summed E-state index contributed by atoms with van der Waals surface area (Å²) < 4.78 is 22.2. The number of hydrogen-bond acceptors (Lipinski definition) is 4. The molecule has 108 valence electrons. The van der Waals surface area contributed by atoms with Gasteiger partial charge in [0, 0.05) is 24.4 Å². The van der Waals surface area contributed by atoms with Gasteiger partial charge in [0.1, 0.15) is 0 Å². The van der Waals surface area contributed by atoms with E-state index in [1.165, 1.54) is 6.26 Å². The van der Waals surface area contributed by atoms with E-state index >= 15 is 0 Å². The monoisotopic (exact) mass is 306 g/mol. The van der Waals surface area contributed by atoms with Crippen LogP contribution in [0.3, 0.4) is 0 Å². The minimum Gasteiger partial charge on any atom is -0.330 e. The van der Waals surface area contributed by atoms with Gasteiger partial charge in [0.05, 0.1) is 5.75 Å². The van der Waals surface area contributed by atoms with E-state index in [0.717, 1.165) is 0 Å². The fraction of sp³-hybridized carbons (Fsp3) is 0.417. The lowest BCUT2D eigenvalue weighted by molar-refractivity contribution is -0.119. The predicted octanol–water partition coefficient (Wildman–Crippen LogP) is 1.19. The van der Waals surface area contributed by atoms with E-state index < -0.39 is 9.84 Å². The van der Waals surface area contributed by atoms with E-state index in [-0.39, 0.29) is 36.5 Å². The number of anilines is 1. The molecule has 19 heavy (non-hydrogen) atoms. The maximum atomic E-state index is 11.6. The second-order valence-electron chi connectivity index (χ2n) is 4.39. The highest BCUT2D eigenvalue weighted by Crippen LogP contribution is 2.12. The van der Waals surface area contributed by atoms with Crippen LogP contribution in [0, 0.1) is 5.92 Å². The molecule has 1 aromatic rings. The van der Waals surface area contributed by atoms with Crippen molar-refractivity contribution >= 4 is 33.8 Å². The molecule has 1 aromatic carbocycles. The van der Waals surface area contributed by atoms with Crippen molar-refractivity contribution < 1.29 is 13.2 Å². The SMILES string of the molecule is CC(CN)C(=O)Nc1ccc(CS(C)(=O)=O)cc1.Cl. The highest BCUT2D eigenvalue weighted by Gasteiger charge is 2.11. The van der Waals surface area contributed by atoms with Crippen LogP contribution in [0.5, 0.6) is 0 Å². The van der Waals surface area contributed by atoms with E-state index in [2.05, 4.69) is 5.32 Å². The summed E-state index contributed by atoms with van der Waals surface area (Å²) in [6.45, 7) is 2.03. The lowest BCUT2D eigenvalue weighted by atomic mass is 10.1. The number of benzene rings is 1. The Balaban J connectivity index is 0.00000324. The minimum absolute atomic E-state index is 0. The highest BCUT2D eigenvalue weighted by molar-refractivity contribution is 7.89. The van der Waals surface area contributed by atoms with Crippen molar-refractivity contribution in [2.45, 2.75) is 12.7 Å². The zero-order valence-corrected chi connectivity index (χ0v) is 12.6. The highest BCUT2D eigenvalue weighted by atomic mass is 35.5. The predicted molar refractivity (Wildman–Crippen MR) is 79.1 cm³/mol. The fourth-order valence-electron chi connectivity index (χ4n) is 1.36. The molecule has 0 spiro atoms. The van der Waals surface area contributed by atoms with Crippen LogP contribution in [0.4, 0.5) is 5.69 Å². The number of carbonyl (C=O) groups is 1. The van der Waals surface area contributed by atoms with Gasteiger partial charge in [-0.3, -0.25) is 4.79 Å². The number of nitrogens with one attached hydrogen (secondary N) is 1. The normalized spacial score (nSPS) is 12.4. The van der Waals surface area contributed by atoms with Crippen LogP contribution in [0.2, 0.25) is 0 Å². The summed E-state index contributed by atoms with van der Waals surface area (Å²) in [4.78, 5) is 11.6. The number of nitrogens with two attached hydrogens (primary N) is 1. The van der Waals surface area contributed by atoms with Crippen LogP contribution in [0.25, 0.3) is 0 Å². The van der Waals surface area contributed by atoms with Crippen molar-refractivity contribution in [2.75, 3.05) is 18.1 Å². The van der Waals surface area contributed by atoms with Crippen LogP contribution in [0.15, 0.2) is 24.3 Å². The summed E-state index contributed by atoms with van der Waals surface area (Å²) in [5, 5.41) is 2.71. The van der Waals surface area contributed by atoms with Gasteiger partial charge in [0.25, 0.3) is 0 Å². The maximum Gasteiger partial charge on any atom is 0.228 e. The summed E-state index contributed by atoms with van der Waals surface area (Å²) in [6.07, 6.45) is 1.19. The number of rotatable bonds is 5. The molecule has 0 heterocycles. The molecule has 0 saturated carbocycles. The number of hydrogen-bond donors (Lipinski definition) is 2. The number of halogens is 1. The molecule has 0 aliphatic rings. The zero-order chi connectivity index (χ0) is 13.8. The zero-order valence-electron chi connectivity index (χ0n) is 10.9. The number of amides is 1. The molecular weight excluding hydrogens is 288 g/mol. The molecule has 0 fully saturated rings. The fourth-order valence-corrected chi connectivity index (χ4v) is 2.16. The molecule has 0 saturated heterocycles. The van der Waals surface area contributed by atoms with E-state index in [0.29, 0.717) is 11.3 Å². The minimum atomic E-state index is -3.03. The summed E-state index contributed by atoms with van der Waals surface area (Å²) in [6, 6.07) is 6.73. The smallest absolute Gasteiger partial charge is 0.228 e. The Morgan fingerprint density at radius 3 is 2.26 bits per heavy atom. The molecule has 1 amide bonds. The first-order chi connectivity index (χ1) is 8.31.